The van der Waals surface area contributed by atoms with E-state index in [1.54, 1.807) is 24.7 Å². The van der Waals surface area contributed by atoms with Crippen molar-refractivity contribution >= 4 is 23.5 Å². The van der Waals surface area contributed by atoms with Crippen LogP contribution in [0.4, 0.5) is 0 Å². The van der Waals surface area contributed by atoms with E-state index in [0.717, 1.165) is 38.4 Å². The summed E-state index contributed by atoms with van der Waals surface area (Å²) in [6, 6.07) is 7.48. The Balaban J connectivity index is 1.52. The molecule has 1 amide bonds. The van der Waals surface area contributed by atoms with Crippen LogP contribution in [-0.2, 0) is 4.74 Å². The zero-order valence-electron chi connectivity index (χ0n) is 17.7. The van der Waals surface area contributed by atoms with Crippen LogP contribution >= 0.6 is 11.3 Å². The molecule has 7 nitrogen and oxygen atoms in total. The van der Waals surface area contributed by atoms with Gasteiger partial charge >= 0.3 is 0 Å². The average molecular weight is 432 g/mol. The smallest absolute Gasteiger partial charge is 0.272 e. The molecule has 0 spiro atoms. The molecule has 1 aliphatic heterocycles. The summed E-state index contributed by atoms with van der Waals surface area (Å²) in [4.78, 5) is 15.7. The molecule has 1 aromatic heterocycles. The molecule has 0 radical (unpaired) electrons. The van der Waals surface area contributed by atoms with Crippen molar-refractivity contribution in [2.45, 2.75) is 19.8 Å². The highest BCUT2D eigenvalue weighted by Gasteiger charge is 2.12. The molecule has 8 heteroatoms. The molecule has 3 rings (SSSR count). The molecular formula is C22H29N3O4S. The van der Waals surface area contributed by atoms with Crippen molar-refractivity contribution in [2.75, 3.05) is 46.6 Å². The Morgan fingerprint density at radius 1 is 1.30 bits per heavy atom. The number of morpholine rings is 1. The minimum Gasteiger partial charge on any atom is -0.493 e. The molecule has 1 aromatic carbocycles. The minimum atomic E-state index is -0.218. The molecule has 1 aliphatic rings. The largest absolute Gasteiger partial charge is 0.493 e. The molecule has 2 aromatic rings. The van der Waals surface area contributed by atoms with Crippen LogP contribution in [0.2, 0.25) is 0 Å². The maximum Gasteiger partial charge on any atom is 0.272 e. The molecule has 30 heavy (non-hydrogen) atoms. The number of hydrogen-bond acceptors (Lipinski definition) is 7. The van der Waals surface area contributed by atoms with Gasteiger partial charge in [0.25, 0.3) is 5.91 Å². The van der Waals surface area contributed by atoms with Gasteiger partial charge in [-0.25, -0.2) is 5.43 Å². The number of rotatable bonds is 9. The molecule has 0 aliphatic carbocycles. The van der Waals surface area contributed by atoms with Gasteiger partial charge in [-0.05, 0) is 35.7 Å². The Morgan fingerprint density at radius 3 is 2.80 bits per heavy atom. The quantitative estimate of drug-likeness (QED) is 0.487. The van der Waals surface area contributed by atoms with E-state index < -0.39 is 0 Å². The van der Waals surface area contributed by atoms with Gasteiger partial charge in [0, 0.05) is 29.9 Å². The number of nitrogens with one attached hydrogen (secondary N) is 1. The van der Waals surface area contributed by atoms with Gasteiger partial charge in [-0.1, -0.05) is 13.8 Å². The zero-order chi connectivity index (χ0) is 21.3. The summed E-state index contributed by atoms with van der Waals surface area (Å²) in [5.41, 5.74) is 4.01. The molecule has 1 saturated heterocycles. The summed E-state index contributed by atoms with van der Waals surface area (Å²) in [6.07, 6.45) is 1.59. The van der Waals surface area contributed by atoms with E-state index in [9.17, 15) is 4.79 Å². The van der Waals surface area contributed by atoms with Crippen LogP contribution in [0.1, 0.15) is 40.6 Å². The highest BCUT2D eigenvalue weighted by atomic mass is 32.1. The maximum absolute atomic E-state index is 12.2. The van der Waals surface area contributed by atoms with Crippen molar-refractivity contribution in [1.29, 1.82) is 0 Å². The van der Waals surface area contributed by atoms with Crippen molar-refractivity contribution in [3.8, 4) is 11.5 Å². The van der Waals surface area contributed by atoms with Crippen molar-refractivity contribution in [3.05, 3.63) is 45.6 Å². The van der Waals surface area contributed by atoms with Crippen molar-refractivity contribution in [1.82, 2.24) is 10.3 Å². The van der Waals surface area contributed by atoms with E-state index in [4.69, 9.17) is 14.2 Å². The predicted octanol–water partition coefficient (Wildman–Crippen LogP) is 3.36. The lowest BCUT2D eigenvalue weighted by molar-refractivity contribution is 0.0321. The summed E-state index contributed by atoms with van der Waals surface area (Å²) in [6.45, 7) is 9.07. The van der Waals surface area contributed by atoms with Crippen LogP contribution < -0.4 is 14.9 Å². The second-order valence-electron chi connectivity index (χ2n) is 7.30. The summed E-state index contributed by atoms with van der Waals surface area (Å²) >= 11 is 1.59. The summed E-state index contributed by atoms with van der Waals surface area (Å²) in [5.74, 6) is 1.50. The summed E-state index contributed by atoms with van der Waals surface area (Å²) < 4.78 is 16.7. The number of carbonyl (C=O) groups excluding carboxylic acids is 1. The second kappa shape index (κ2) is 11.1. The molecule has 0 unspecified atom stereocenters. The Labute approximate surface area is 181 Å². The first-order valence-electron chi connectivity index (χ1n) is 10.1. The van der Waals surface area contributed by atoms with Gasteiger partial charge in [-0.3, -0.25) is 9.69 Å². The van der Waals surface area contributed by atoms with Crippen molar-refractivity contribution in [3.63, 3.8) is 0 Å². The number of nitrogens with zero attached hydrogens (tertiary/aromatic N) is 2. The topological polar surface area (TPSA) is 72.4 Å². The Hall–Kier alpha value is -2.42. The number of hydrazone groups is 1. The molecule has 1 fully saturated rings. The number of benzene rings is 1. The number of hydrogen-bond donors (Lipinski definition) is 1. The number of ether oxygens (including phenoxy) is 3. The van der Waals surface area contributed by atoms with E-state index in [1.807, 2.05) is 29.6 Å². The van der Waals surface area contributed by atoms with E-state index in [-0.39, 0.29) is 5.91 Å². The fourth-order valence-corrected chi connectivity index (χ4v) is 3.90. The second-order valence-corrected chi connectivity index (χ2v) is 8.25. The van der Waals surface area contributed by atoms with Crippen LogP contribution in [0.25, 0.3) is 0 Å². The fraction of sp³-hybridized carbons (Fsp3) is 0.455. The van der Waals surface area contributed by atoms with E-state index in [0.29, 0.717) is 29.6 Å². The van der Waals surface area contributed by atoms with E-state index in [1.165, 1.54) is 4.88 Å². The summed E-state index contributed by atoms with van der Waals surface area (Å²) in [7, 11) is 1.61. The Bertz CT molecular complexity index is 860. The zero-order valence-corrected chi connectivity index (χ0v) is 18.5. The van der Waals surface area contributed by atoms with Gasteiger partial charge in [-0.15, -0.1) is 11.3 Å². The van der Waals surface area contributed by atoms with Gasteiger partial charge in [0.2, 0.25) is 0 Å². The fourth-order valence-electron chi connectivity index (χ4n) is 3.00. The SMILES string of the molecule is COc1cc(C=NNC(=O)c2csc(C(C)C)c2)ccc1OCCN1CCOCC1. The summed E-state index contributed by atoms with van der Waals surface area (Å²) in [5, 5.41) is 5.92. The van der Waals surface area contributed by atoms with Gasteiger partial charge in [-0.2, -0.15) is 5.10 Å². The number of thiophene rings is 1. The maximum atomic E-state index is 12.2. The van der Waals surface area contributed by atoms with Gasteiger partial charge in [0.05, 0.1) is 32.1 Å². The number of methoxy groups -OCH3 is 1. The molecule has 162 valence electrons. The first kappa shape index (κ1) is 22.3. The molecule has 0 saturated carbocycles. The first-order chi connectivity index (χ1) is 14.6. The third-order valence-corrected chi connectivity index (χ3v) is 6.02. The standard InChI is InChI=1S/C22H29N3O4S/c1-16(2)21-13-18(15-30-21)22(26)24-23-14-17-4-5-19(20(12-17)27-3)29-11-8-25-6-9-28-10-7-25/h4-5,12-16H,6-11H2,1-3H3,(H,24,26). The van der Waals surface area contributed by atoms with Crippen LogP contribution in [0, 0.1) is 0 Å². The van der Waals surface area contributed by atoms with Crippen LogP contribution in [0.5, 0.6) is 11.5 Å². The molecule has 0 atom stereocenters. The lowest BCUT2D eigenvalue weighted by Crippen LogP contribution is -2.38. The normalized spacial score (nSPS) is 14.9. The molecular weight excluding hydrogens is 402 g/mol. The lowest BCUT2D eigenvalue weighted by Gasteiger charge is -2.26. The van der Waals surface area contributed by atoms with Crippen molar-refractivity contribution in [2.24, 2.45) is 5.10 Å². The van der Waals surface area contributed by atoms with Gasteiger partial charge in [0.15, 0.2) is 11.5 Å². The highest BCUT2D eigenvalue weighted by Crippen LogP contribution is 2.27. The van der Waals surface area contributed by atoms with Crippen LogP contribution in [0.15, 0.2) is 34.7 Å². The Kier molecular flexibility index (Phi) is 8.24. The number of carbonyl (C=O) groups is 1. The van der Waals surface area contributed by atoms with Gasteiger partial charge in [0.1, 0.15) is 6.61 Å². The molecule has 1 N–H and O–H groups in total. The lowest BCUT2D eigenvalue weighted by atomic mass is 10.1. The molecule has 2 heterocycles. The van der Waals surface area contributed by atoms with Gasteiger partial charge < -0.3 is 14.2 Å². The average Bonchev–Trinajstić information content (AvgIpc) is 3.26. The van der Waals surface area contributed by atoms with Crippen LogP contribution in [0.3, 0.4) is 0 Å². The molecule has 0 bridgehead atoms. The minimum absolute atomic E-state index is 0.218. The third kappa shape index (κ3) is 6.29. The Morgan fingerprint density at radius 2 is 2.10 bits per heavy atom. The number of amides is 1. The van der Waals surface area contributed by atoms with E-state index >= 15 is 0 Å². The van der Waals surface area contributed by atoms with Crippen molar-refractivity contribution < 1.29 is 19.0 Å². The predicted molar refractivity (Wildman–Crippen MR) is 119 cm³/mol. The highest BCUT2D eigenvalue weighted by molar-refractivity contribution is 7.10. The monoisotopic (exact) mass is 431 g/mol. The van der Waals surface area contributed by atoms with Crippen LogP contribution in [-0.4, -0.2) is 63.6 Å². The third-order valence-electron chi connectivity index (χ3n) is 4.79. The first-order valence-corrected chi connectivity index (χ1v) is 11.0. The van der Waals surface area contributed by atoms with E-state index in [2.05, 4.69) is 29.3 Å².